The molecule has 0 spiro atoms. The summed E-state index contributed by atoms with van der Waals surface area (Å²) in [6.07, 6.45) is 2.64. The number of carboxylic acids is 1. The normalized spacial score (nSPS) is 17.4. The first-order valence-corrected chi connectivity index (χ1v) is 12.4. The number of hydrogen-bond donors (Lipinski definition) is 8. The first-order valence-electron chi connectivity index (χ1n) is 12.4. The maximum atomic E-state index is 13.1. The van der Waals surface area contributed by atoms with Gasteiger partial charge >= 0.3 is 5.97 Å². The molecule has 1 rings (SSSR count). The largest absolute Gasteiger partial charge is 0.480 e. The number of nitrogens with zero attached hydrogens (tertiary/aromatic N) is 2. The molecular formula is C22H41N9O6. The van der Waals surface area contributed by atoms with Gasteiger partial charge in [-0.2, -0.15) is 0 Å². The van der Waals surface area contributed by atoms with E-state index in [1.807, 2.05) is 0 Å². The number of guanidine groups is 1. The van der Waals surface area contributed by atoms with E-state index in [-0.39, 0.29) is 38.2 Å². The van der Waals surface area contributed by atoms with Crippen LogP contribution in [0.25, 0.3) is 0 Å². The zero-order valence-electron chi connectivity index (χ0n) is 21.1. The van der Waals surface area contributed by atoms with Crippen molar-refractivity contribution >= 4 is 35.6 Å². The van der Waals surface area contributed by atoms with Crippen LogP contribution in [0.3, 0.4) is 0 Å². The second-order valence-corrected chi connectivity index (χ2v) is 8.99. The van der Waals surface area contributed by atoms with Crippen molar-refractivity contribution in [2.45, 2.75) is 82.0 Å². The first kappa shape index (κ1) is 31.6. The molecule has 1 aliphatic rings. The molecule has 15 heteroatoms. The van der Waals surface area contributed by atoms with E-state index in [0.717, 1.165) is 0 Å². The summed E-state index contributed by atoms with van der Waals surface area (Å²) in [4.78, 5) is 66.8. The summed E-state index contributed by atoms with van der Waals surface area (Å²) in [6, 6.07) is -4.09. The lowest BCUT2D eigenvalue weighted by atomic mass is 10.1. The number of amides is 4. The second kappa shape index (κ2) is 16.3. The molecule has 0 aromatic carbocycles. The smallest absolute Gasteiger partial charge is 0.326 e. The first-order chi connectivity index (χ1) is 17.5. The van der Waals surface area contributed by atoms with E-state index in [4.69, 9.17) is 28.7 Å². The summed E-state index contributed by atoms with van der Waals surface area (Å²) in [5.74, 6) is -3.64. The highest BCUT2D eigenvalue weighted by Gasteiger charge is 2.37. The van der Waals surface area contributed by atoms with Gasteiger partial charge in [0.25, 0.3) is 0 Å². The minimum atomic E-state index is -1.20. The number of unbranched alkanes of at least 4 members (excludes halogenated alkanes) is 1. The summed E-state index contributed by atoms with van der Waals surface area (Å²) in [5, 5.41) is 14.6. The van der Waals surface area contributed by atoms with Crippen molar-refractivity contribution in [3.8, 4) is 0 Å². The van der Waals surface area contributed by atoms with Gasteiger partial charge in [-0.15, -0.1) is 0 Å². The van der Waals surface area contributed by atoms with E-state index >= 15 is 0 Å². The van der Waals surface area contributed by atoms with Gasteiger partial charge in [0, 0.05) is 19.5 Å². The highest BCUT2D eigenvalue weighted by atomic mass is 16.4. The SMILES string of the molecule is NCCCCC(NC(=O)C(CCCN=C(N)N)NC(=O)C1CCCN1C(=O)C(N)CCC(N)=O)C(=O)O. The Bertz CT molecular complexity index is 833. The summed E-state index contributed by atoms with van der Waals surface area (Å²) in [5.41, 5.74) is 27.1. The highest BCUT2D eigenvalue weighted by molar-refractivity contribution is 5.94. The minimum Gasteiger partial charge on any atom is -0.480 e. The average molecular weight is 528 g/mol. The second-order valence-electron chi connectivity index (χ2n) is 8.99. The number of nitrogens with two attached hydrogens (primary N) is 5. The van der Waals surface area contributed by atoms with Crippen molar-refractivity contribution in [3.63, 3.8) is 0 Å². The monoisotopic (exact) mass is 527 g/mol. The lowest BCUT2D eigenvalue weighted by Gasteiger charge is -2.28. The van der Waals surface area contributed by atoms with Gasteiger partial charge in [0.15, 0.2) is 5.96 Å². The van der Waals surface area contributed by atoms with Gasteiger partial charge in [-0.05, 0) is 57.9 Å². The van der Waals surface area contributed by atoms with Gasteiger partial charge in [0.05, 0.1) is 6.04 Å². The maximum Gasteiger partial charge on any atom is 0.326 e. The number of rotatable bonds is 17. The lowest BCUT2D eigenvalue weighted by Crippen LogP contribution is -2.56. The third kappa shape index (κ3) is 11.4. The molecule has 1 fully saturated rings. The van der Waals surface area contributed by atoms with Gasteiger partial charge < -0.3 is 49.3 Å². The number of likely N-dealkylation sites (tertiary alicyclic amines) is 1. The Labute approximate surface area is 215 Å². The van der Waals surface area contributed by atoms with Crippen molar-refractivity contribution < 1.29 is 29.1 Å². The zero-order valence-corrected chi connectivity index (χ0v) is 21.1. The molecule has 0 aromatic heterocycles. The predicted molar refractivity (Wildman–Crippen MR) is 135 cm³/mol. The Kier molecular flexibility index (Phi) is 13.9. The lowest BCUT2D eigenvalue weighted by molar-refractivity contribution is -0.143. The van der Waals surface area contributed by atoms with Crippen LogP contribution in [0.2, 0.25) is 0 Å². The fourth-order valence-electron chi connectivity index (χ4n) is 4.00. The van der Waals surface area contributed by atoms with Crippen molar-refractivity contribution in [2.24, 2.45) is 33.7 Å². The number of primary amides is 1. The summed E-state index contributed by atoms with van der Waals surface area (Å²) in [6.45, 7) is 0.890. The van der Waals surface area contributed by atoms with E-state index < -0.39 is 53.8 Å². The van der Waals surface area contributed by atoms with Crippen molar-refractivity contribution in [2.75, 3.05) is 19.6 Å². The van der Waals surface area contributed by atoms with Gasteiger partial charge in [0.1, 0.15) is 18.1 Å². The van der Waals surface area contributed by atoms with E-state index in [2.05, 4.69) is 15.6 Å². The minimum absolute atomic E-state index is 0.0512. The van der Waals surface area contributed by atoms with Gasteiger partial charge in [-0.25, -0.2) is 4.79 Å². The van der Waals surface area contributed by atoms with Crippen LogP contribution in [0.5, 0.6) is 0 Å². The standard InChI is InChI=1S/C22H41N9O6/c23-10-2-1-5-15(21(36)37)30-18(33)14(6-3-11-28-22(26)27)29-19(34)16-7-4-12-31(16)20(35)13(24)8-9-17(25)32/h13-16H,1-12,23-24H2,(H2,25,32)(H,29,34)(H,30,33)(H,36,37)(H4,26,27,28). The number of aliphatic imine (C=N–C) groups is 1. The van der Waals surface area contributed by atoms with E-state index in [1.54, 1.807) is 0 Å². The van der Waals surface area contributed by atoms with Gasteiger partial charge in [-0.1, -0.05) is 0 Å². The fourth-order valence-corrected chi connectivity index (χ4v) is 4.00. The van der Waals surface area contributed by atoms with E-state index in [9.17, 15) is 29.1 Å². The van der Waals surface area contributed by atoms with Crippen LogP contribution in [0, 0.1) is 0 Å². The molecule has 1 aliphatic heterocycles. The van der Waals surface area contributed by atoms with Crippen molar-refractivity contribution in [1.82, 2.24) is 15.5 Å². The van der Waals surface area contributed by atoms with Crippen LogP contribution in [0.15, 0.2) is 4.99 Å². The molecule has 210 valence electrons. The Morgan fingerprint density at radius 1 is 0.973 bits per heavy atom. The Hall–Kier alpha value is -3.46. The zero-order chi connectivity index (χ0) is 28.0. The molecular weight excluding hydrogens is 486 g/mol. The molecule has 37 heavy (non-hydrogen) atoms. The molecule has 1 saturated heterocycles. The molecule has 0 radical (unpaired) electrons. The molecule has 0 saturated carbocycles. The molecule has 0 aromatic rings. The van der Waals surface area contributed by atoms with Crippen molar-refractivity contribution in [3.05, 3.63) is 0 Å². The predicted octanol–water partition coefficient (Wildman–Crippen LogP) is -3.19. The molecule has 4 atom stereocenters. The molecule has 0 aliphatic carbocycles. The van der Waals surface area contributed by atoms with Crippen LogP contribution < -0.4 is 39.3 Å². The Morgan fingerprint density at radius 2 is 1.65 bits per heavy atom. The molecule has 0 bridgehead atoms. The number of nitrogens with one attached hydrogen (secondary N) is 2. The Balaban J connectivity index is 2.93. The number of carboxylic acid groups (broad SMARTS) is 1. The molecule has 4 unspecified atom stereocenters. The van der Waals surface area contributed by atoms with Crippen LogP contribution in [-0.4, -0.2) is 89.4 Å². The average Bonchev–Trinajstić information content (AvgIpc) is 3.33. The topological polar surface area (TPSA) is 275 Å². The van der Waals surface area contributed by atoms with Crippen LogP contribution in [0.1, 0.15) is 57.8 Å². The third-order valence-corrected chi connectivity index (χ3v) is 6.00. The fraction of sp³-hybridized carbons (Fsp3) is 0.727. The highest BCUT2D eigenvalue weighted by Crippen LogP contribution is 2.19. The van der Waals surface area contributed by atoms with E-state index in [0.29, 0.717) is 45.2 Å². The number of aliphatic carboxylic acids is 1. The number of carbonyl (C=O) groups is 5. The molecule has 13 N–H and O–H groups in total. The van der Waals surface area contributed by atoms with Crippen LogP contribution >= 0.6 is 0 Å². The Morgan fingerprint density at radius 3 is 2.24 bits per heavy atom. The summed E-state index contributed by atoms with van der Waals surface area (Å²) < 4.78 is 0. The van der Waals surface area contributed by atoms with Crippen LogP contribution in [-0.2, 0) is 24.0 Å². The molecule has 15 nitrogen and oxygen atoms in total. The number of carbonyl (C=O) groups excluding carboxylic acids is 4. The molecule has 4 amide bonds. The maximum absolute atomic E-state index is 13.1. The van der Waals surface area contributed by atoms with Crippen molar-refractivity contribution in [1.29, 1.82) is 0 Å². The number of hydrogen-bond acceptors (Lipinski definition) is 8. The third-order valence-electron chi connectivity index (χ3n) is 6.00. The summed E-state index contributed by atoms with van der Waals surface area (Å²) >= 11 is 0. The van der Waals surface area contributed by atoms with Gasteiger partial charge in [0.2, 0.25) is 23.6 Å². The summed E-state index contributed by atoms with van der Waals surface area (Å²) in [7, 11) is 0. The molecule has 1 heterocycles. The van der Waals surface area contributed by atoms with Crippen LogP contribution in [0.4, 0.5) is 0 Å². The van der Waals surface area contributed by atoms with Gasteiger partial charge in [-0.3, -0.25) is 24.2 Å². The van der Waals surface area contributed by atoms with E-state index in [1.165, 1.54) is 4.90 Å². The quantitative estimate of drug-likeness (QED) is 0.0532.